The van der Waals surface area contributed by atoms with E-state index >= 15 is 0 Å². The van der Waals surface area contributed by atoms with Crippen LogP contribution in [0.25, 0.3) is 0 Å². The summed E-state index contributed by atoms with van der Waals surface area (Å²) in [7, 11) is 0. The summed E-state index contributed by atoms with van der Waals surface area (Å²) in [5.74, 6) is 1.04. The van der Waals surface area contributed by atoms with Gasteiger partial charge in [-0.3, -0.25) is 0 Å². The van der Waals surface area contributed by atoms with E-state index in [-0.39, 0.29) is 5.28 Å². The van der Waals surface area contributed by atoms with Crippen molar-refractivity contribution in [2.45, 2.75) is 25.7 Å². The highest BCUT2D eigenvalue weighted by Crippen LogP contribution is 2.29. The standard InChI is InChI=1S/C14H14ClN3O/c15-14-17-8-12(16)13(18-14)19-11-6-5-9-3-1-2-4-10(9)7-11/h5-8H,1-4,16H2. The molecular formula is C14H14ClN3O. The molecular weight excluding hydrogens is 262 g/mol. The van der Waals surface area contributed by atoms with Crippen LogP contribution in [0.5, 0.6) is 11.6 Å². The number of aromatic nitrogens is 2. The van der Waals surface area contributed by atoms with E-state index in [0.29, 0.717) is 11.6 Å². The fourth-order valence-corrected chi connectivity index (χ4v) is 2.45. The van der Waals surface area contributed by atoms with Gasteiger partial charge >= 0.3 is 0 Å². The normalized spacial score (nSPS) is 13.9. The number of hydrogen-bond donors (Lipinski definition) is 1. The molecule has 1 aromatic carbocycles. The largest absolute Gasteiger partial charge is 0.437 e. The van der Waals surface area contributed by atoms with Crippen molar-refractivity contribution in [2.75, 3.05) is 5.73 Å². The minimum atomic E-state index is 0.127. The lowest BCUT2D eigenvalue weighted by molar-refractivity contribution is 0.462. The smallest absolute Gasteiger partial charge is 0.247 e. The summed E-state index contributed by atoms with van der Waals surface area (Å²) in [5.41, 5.74) is 8.90. The van der Waals surface area contributed by atoms with Gasteiger partial charge in [-0.05, 0) is 60.5 Å². The van der Waals surface area contributed by atoms with Gasteiger partial charge in [0.25, 0.3) is 0 Å². The number of anilines is 1. The summed E-state index contributed by atoms with van der Waals surface area (Å²) in [6.07, 6.45) is 6.20. The molecule has 2 N–H and O–H groups in total. The van der Waals surface area contributed by atoms with Crippen LogP contribution >= 0.6 is 11.6 Å². The molecule has 0 spiro atoms. The minimum Gasteiger partial charge on any atom is -0.437 e. The molecule has 0 bridgehead atoms. The fraction of sp³-hybridized carbons (Fsp3) is 0.286. The van der Waals surface area contributed by atoms with Crippen LogP contribution in [0.1, 0.15) is 24.0 Å². The summed E-state index contributed by atoms with van der Waals surface area (Å²) >= 11 is 5.74. The van der Waals surface area contributed by atoms with Gasteiger partial charge in [0, 0.05) is 0 Å². The SMILES string of the molecule is Nc1cnc(Cl)nc1Oc1ccc2c(c1)CCCC2. The van der Waals surface area contributed by atoms with E-state index in [4.69, 9.17) is 22.1 Å². The number of halogens is 1. The van der Waals surface area contributed by atoms with Crippen LogP contribution in [0, 0.1) is 0 Å². The Labute approximate surface area is 116 Å². The van der Waals surface area contributed by atoms with Crippen molar-refractivity contribution in [1.82, 2.24) is 9.97 Å². The Morgan fingerprint density at radius 2 is 1.95 bits per heavy atom. The third-order valence-corrected chi connectivity index (χ3v) is 3.47. The number of hydrogen-bond acceptors (Lipinski definition) is 4. The number of nitrogen functional groups attached to an aromatic ring is 1. The average Bonchev–Trinajstić information content (AvgIpc) is 2.43. The highest BCUT2D eigenvalue weighted by atomic mass is 35.5. The molecule has 3 rings (SSSR count). The molecule has 1 aromatic heterocycles. The van der Waals surface area contributed by atoms with Crippen molar-refractivity contribution in [3.63, 3.8) is 0 Å². The fourth-order valence-electron chi connectivity index (χ4n) is 2.32. The molecule has 98 valence electrons. The molecule has 19 heavy (non-hydrogen) atoms. The Balaban J connectivity index is 1.89. The first-order chi connectivity index (χ1) is 9.22. The first-order valence-corrected chi connectivity index (χ1v) is 6.68. The zero-order chi connectivity index (χ0) is 13.2. The Morgan fingerprint density at radius 3 is 2.79 bits per heavy atom. The van der Waals surface area contributed by atoms with E-state index in [9.17, 15) is 0 Å². The van der Waals surface area contributed by atoms with Crippen molar-refractivity contribution < 1.29 is 4.74 Å². The molecule has 0 saturated heterocycles. The second-order valence-corrected chi connectivity index (χ2v) is 4.98. The summed E-state index contributed by atoms with van der Waals surface area (Å²) in [6, 6.07) is 6.12. The van der Waals surface area contributed by atoms with Gasteiger partial charge in [-0.25, -0.2) is 4.98 Å². The third kappa shape index (κ3) is 2.63. The van der Waals surface area contributed by atoms with E-state index < -0.39 is 0 Å². The van der Waals surface area contributed by atoms with E-state index in [1.165, 1.54) is 30.2 Å². The topological polar surface area (TPSA) is 61.0 Å². The third-order valence-electron chi connectivity index (χ3n) is 3.29. The van der Waals surface area contributed by atoms with Crippen LogP contribution in [-0.2, 0) is 12.8 Å². The van der Waals surface area contributed by atoms with Crippen molar-refractivity contribution in [3.05, 3.63) is 40.8 Å². The van der Waals surface area contributed by atoms with Crippen LogP contribution in [0.3, 0.4) is 0 Å². The monoisotopic (exact) mass is 275 g/mol. The van der Waals surface area contributed by atoms with Crippen molar-refractivity contribution in [3.8, 4) is 11.6 Å². The van der Waals surface area contributed by atoms with Crippen LogP contribution in [0.2, 0.25) is 5.28 Å². The molecule has 5 heteroatoms. The van der Waals surface area contributed by atoms with E-state index in [1.807, 2.05) is 6.07 Å². The summed E-state index contributed by atoms with van der Waals surface area (Å²) in [4.78, 5) is 7.79. The zero-order valence-corrected chi connectivity index (χ0v) is 11.2. The lowest BCUT2D eigenvalue weighted by Crippen LogP contribution is -2.03. The van der Waals surface area contributed by atoms with Crippen molar-refractivity contribution in [2.24, 2.45) is 0 Å². The van der Waals surface area contributed by atoms with E-state index in [1.54, 1.807) is 0 Å². The number of benzene rings is 1. The number of rotatable bonds is 2. The van der Waals surface area contributed by atoms with Gasteiger partial charge < -0.3 is 10.5 Å². The second kappa shape index (κ2) is 5.05. The molecule has 4 nitrogen and oxygen atoms in total. The van der Waals surface area contributed by atoms with Crippen LogP contribution < -0.4 is 10.5 Å². The van der Waals surface area contributed by atoms with Crippen LogP contribution in [-0.4, -0.2) is 9.97 Å². The first-order valence-electron chi connectivity index (χ1n) is 6.30. The average molecular weight is 276 g/mol. The summed E-state index contributed by atoms with van der Waals surface area (Å²) < 4.78 is 5.70. The molecule has 0 amide bonds. The summed E-state index contributed by atoms with van der Waals surface area (Å²) in [6.45, 7) is 0. The molecule has 0 radical (unpaired) electrons. The Bertz CT molecular complexity index is 616. The molecule has 0 unspecified atom stereocenters. The Morgan fingerprint density at radius 1 is 1.16 bits per heavy atom. The molecule has 0 aliphatic heterocycles. The minimum absolute atomic E-state index is 0.127. The summed E-state index contributed by atoms with van der Waals surface area (Å²) in [5, 5.41) is 0.127. The van der Waals surface area contributed by atoms with E-state index in [2.05, 4.69) is 22.1 Å². The van der Waals surface area contributed by atoms with Gasteiger partial charge in [-0.15, -0.1) is 0 Å². The molecule has 1 aliphatic carbocycles. The number of ether oxygens (including phenoxy) is 1. The van der Waals surface area contributed by atoms with Gasteiger partial charge in [-0.1, -0.05) is 6.07 Å². The maximum atomic E-state index is 5.77. The van der Waals surface area contributed by atoms with Gasteiger partial charge in [-0.2, -0.15) is 4.98 Å². The van der Waals surface area contributed by atoms with Crippen LogP contribution in [0.4, 0.5) is 5.69 Å². The molecule has 1 aliphatic rings. The zero-order valence-electron chi connectivity index (χ0n) is 10.4. The number of aryl methyl sites for hydroxylation is 2. The lowest BCUT2D eigenvalue weighted by Gasteiger charge is -2.16. The number of nitrogens with zero attached hydrogens (tertiary/aromatic N) is 2. The number of fused-ring (bicyclic) bond motifs is 1. The van der Waals surface area contributed by atoms with Gasteiger partial charge in [0.1, 0.15) is 11.4 Å². The van der Waals surface area contributed by atoms with Gasteiger partial charge in [0.2, 0.25) is 11.2 Å². The lowest BCUT2D eigenvalue weighted by atomic mass is 9.92. The van der Waals surface area contributed by atoms with Crippen LogP contribution in [0.15, 0.2) is 24.4 Å². The quantitative estimate of drug-likeness (QED) is 0.854. The Kier molecular flexibility index (Phi) is 3.25. The van der Waals surface area contributed by atoms with Gasteiger partial charge in [0.05, 0.1) is 6.20 Å². The predicted octanol–water partition coefficient (Wildman–Crippen LogP) is 3.38. The molecule has 0 fully saturated rings. The highest BCUT2D eigenvalue weighted by molar-refractivity contribution is 6.28. The second-order valence-electron chi connectivity index (χ2n) is 4.64. The molecule has 0 saturated carbocycles. The van der Waals surface area contributed by atoms with E-state index in [0.717, 1.165) is 18.6 Å². The molecule has 1 heterocycles. The first kappa shape index (κ1) is 12.2. The highest BCUT2D eigenvalue weighted by Gasteiger charge is 2.11. The maximum Gasteiger partial charge on any atom is 0.247 e. The maximum absolute atomic E-state index is 5.77. The van der Waals surface area contributed by atoms with Crippen molar-refractivity contribution in [1.29, 1.82) is 0 Å². The predicted molar refractivity (Wildman–Crippen MR) is 74.6 cm³/mol. The Hall–Kier alpha value is -1.81. The number of nitrogens with two attached hydrogens (primary N) is 1. The van der Waals surface area contributed by atoms with Crippen molar-refractivity contribution >= 4 is 17.3 Å². The molecule has 0 atom stereocenters. The van der Waals surface area contributed by atoms with Gasteiger partial charge in [0.15, 0.2) is 0 Å². The molecule has 2 aromatic rings.